The first-order chi connectivity index (χ1) is 14.5. The van der Waals surface area contributed by atoms with E-state index in [1.807, 2.05) is 30.3 Å². The van der Waals surface area contributed by atoms with Crippen LogP contribution in [0.2, 0.25) is 5.15 Å². The first-order valence-corrected chi connectivity index (χ1v) is 9.95. The number of thioether (sulfide) groups is 1. The third-order valence-corrected chi connectivity index (χ3v) is 5.44. The molecule has 7 nitrogen and oxygen atoms in total. The maximum atomic E-state index is 13.2. The Hall–Kier alpha value is -3.49. The molecule has 1 aromatic heterocycles. The molecule has 0 radical (unpaired) electrons. The minimum absolute atomic E-state index is 0.0121. The lowest BCUT2D eigenvalue weighted by atomic mass is 10.2. The van der Waals surface area contributed by atoms with Gasteiger partial charge in [0.2, 0.25) is 0 Å². The number of rotatable bonds is 4. The van der Waals surface area contributed by atoms with Crippen LogP contribution in [0.5, 0.6) is 0 Å². The summed E-state index contributed by atoms with van der Waals surface area (Å²) in [5.74, 6) is -0.247. The predicted octanol–water partition coefficient (Wildman–Crippen LogP) is 5.45. The van der Waals surface area contributed by atoms with E-state index < -0.39 is 4.92 Å². The molecule has 1 aliphatic rings. The van der Waals surface area contributed by atoms with Crippen LogP contribution < -0.4 is 4.90 Å². The molecule has 2 aromatic carbocycles. The van der Waals surface area contributed by atoms with E-state index in [9.17, 15) is 14.9 Å². The van der Waals surface area contributed by atoms with Crippen molar-refractivity contribution in [3.8, 4) is 0 Å². The number of pyridine rings is 1. The van der Waals surface area contributed by atoms with Crippen LogP contribution in [0.25, 0.3) is 6.08 Å². The number of aromatic nitrogens is 1. The third kappa shape index (κ3) is 4.10. The number of para-hydroxylation sites is 1. The minimum Gasteiger partial charge on any atom is -0.268 e. The monoisotopic (exact) mass is 436 g/mol. The Morgan fingerprint density at radius 2 is 1.80 bits per heavy atom. The van der Waals surface area contributed by atoms with Crippen LogP contribution in [0, 0.1) is 10.1 Å². The van der Waals surface area contributed by atoms with Gasteiger partial charge in [-0.15, -0.1) is 0 Å². The highest BCUT2D eigenvalue weighted by atomic mass is 35.5. The second-order valence-corrected chi connectivity index (χ2v) is 7.51. The molecule has 148 valence electrons. The van der Waals surface area contributed by atoms with Gasteiger partial charge < -0.3 is 0 Å². The molecule has 1 aliphatic heterocycles. The van der Waals surface area contributed by atoms with Crippen molar-refractivity contribution in [3.05, 3.63) is 98.7 Å². The Labute approximate surface area is 180 Å². The Morgan fingerprint density at radius 1 is 1.07 bits per heavy atom. The van der Waals surface area contributed by atoms with Gasteiger partial charge in [0.15, 0.2) is 10.3 Å². The number of anilines is 1. The number of carbonyl (C=O) groups is 1. The molecular weight excluding hydrogens is 424 g/mol. The second-order valence-electron chi connectivity index (χ2n) is 6.14. The zero-order chi connectivity index (χ0) is 21.1. The zero-order valence-electron chi connectivity index (χ0n) is 15.3. The number of amidine groups is 1. The molecule has 4 rings (SSSR count). The summed E-state index contributed by atoms with van der Waals surface area (Å²) in [6.45, 7) is 0. The molecule has 0 aliphatic carbocycles. The van der Waals surface area contributed by atoms with Crippen LogP contribution >= 0.6 is 23.4 Å². The Bertz CT molecular complexity index is 1180. The van der Waals surface area contributed by atoms with Crippen LogP contribution in [0.1, 0.15) is 5.56 Å². The fraction of sp³-hybridized carbons (Fsp3) is 0. The molecule has 0 saturated carbocycles. The van der Waals surface area contributed by atoms with Crippen LogP contribution in [0.3, 0.4) is 0 Å². The van der Waals surface area contributed by atoms with Crippen molar-refractivity contribution in [2.45, 2.75) is 0 Å². The van der Waals surface area contributed by atoms with Crippen LogP contribution in [-0.4, -0.2) is 21.0 Å². The standard InChI is InChI=1S/C21H13ClN4O3S/c22-19-17(7-4-12-23-19)24-21-25(15-5-2-1-3-6-15)20(27)18(30-21)13-14-8-10-16(11-9-14)26(28)29/h1-13H/b18-13-,24-21?. The fourth-order valence-corrected chi connectivity index (χ4v) is 3.92. The molecule has 0 spiro atoms. The van der Waals surface area contributed by atoms with Gasteiger partial charge in [0.05, 0.1) is 15.5 Å². The van der Waals surface area contributed by atoms with E-state index in [1.165, 1.54) is 28.8 Å². The van der Waals surface area contributed by atoms with Gasteiger partial charge in [-0.3, -0.25) is 19.8 Å². The van der Waals surface area contributed by atoms with Crippen LogP contribution in [0.4, 0.5) is 17.1 Å². The first kappa shape index (κ1) is 19.8. The normalized spacial score (nSPS) is 16.4. The molecule has 0 unspecified atom stereocenters. The Balaban J connectivity index is 1.75. The minimum atomic E-state index is -0.466. The lowest BCUT2D eigenvalue weighted by molar-refractivity contribution is -0.384. The number of hydrogen-bond acceptors (Lipinski definition) is 6. The smallest absolute Gasteiger partial charge is 0.268 e. The van der Waals surface area contributed by atoms with Crippen LogP contribution in [-0.2, 0) is 4.79 Å². The van der Waals surface area contributed by atoms with Gasteiger partial charge in [-0.05, 0) is 59.8 Å². The molecule has 0 atom stereocenters. The van der Waals surface area contributed by atoms with Gasteiger partial charge in [-0.25, -0.2) is 9.98 Å². The van der Waals surface area contributed by atoms with E-state index in [0.717, 1.165) is 0 Å². The lowest BCUT2D eigenvalue weighted by Crippen LogP contribution is -2.28. The highest BCUT2D eigenvalue weighted by molar-refractivity contribution is 8.19. The molecule has 1 amide bonds. The van der Waals surface area contributed by atoms with Gasteiger partial charge in [0.1, 0.15) is 5.69 Å². The Kier molecular flexibility index (Phi) is 5.60. The quantitative estimate of drug-likeness (QED) is 0.235. The topological polar surface area (TPSA) is 88.7 Å². The van der Waals surface area contributed by atoms with Gasteiger partial charge in [-0.2, -0.15) is 0 Å². The largest absolute Gasteiger partial charge is 0.271 e. The summed E-state index contributed by atoms with van der Waals surface area (Å²) in [7, 11) is 0. The molecule has 3 aromatic rings. The van der Waals surface area contributed by atoms with Gasteiger partial charge in [-0.1, -0.05) is 29.8 Å². The summed E-state index contributed by atoms with van der Waals surface area (Å²) in [5, 5.41) is 11.5. The molecular formula is C21H13ClN4O3S. The summed E-state index contributed by atoms with van der Waals surface area (Å²) in [6, 6.07) is 18.6. The van der Waals surface area contributed by atoms with E-state index in [0.29, 0.717) is 27.0 Å². The molecule has 1 saturated heterocycles. The second kappa shape index (κ2) is 8.48. The predicted molar refractivity (Wildman–Crippen MR) is 119 cm³/mol. The average molecular weight is 437 g/mol. The van der Waals surface area contributed by atoms with Gasteiger partial charge in [0, 0.05) is 18.3 Å². The summed E-state index contributed by atoms with van der Waals surface area (Å²) < 4.78 is 0. The fourth-order valence-electron chi connectivity index (χ4n) is 2.76. The molecule has 1 fully saturated rings. The molecule has 0 N–H and O–H groups in total. The maximum Gasteiger partial charge on any atom is 0.271 e. The molecule has 2 heterocycles. The number of hydrogen-bond donors (Lipinski definition) is 0. The molecule has 0 bridgehead atoms. The number of nitrogens with zero attached hydrogens (tertiary/aromatic N) is 4. The number of nitro benzene ring substituents is 1. The van der Waals surface area contributed by atoms with Crippen molar-refractivity contribution < 1.29 is 9.72 Å². The van der Waals surface area contributed by atoms with Crippen molar-refractivity contribution in [2.24, 2.45) is 4.99 Å². The number of aliphatic imine (C=N–C) groups is 1. The van der Waals surface area contributed by atoms with E-state index in [-0.39, 0.29) is 16.7 Å². The van der Waals surface area contributed by atoms with Crippen molar-refractivity contribution in [3.63, 3.8) is 0 Å². The van der Waals surface area contributed by atoms with E-state index >= 15 is 0 Å². The average Bonchev–Trinajstić information content (AvgIpc) is 3.05. The summed E-state index contributed by atoms with van der Waals surface area (Å²) in [5.41, 5.74) is 1.78. The van der Waals surface area contributed by atoms with Crippen molar-refractivity contribution in [1.82, 2.24) is 4.98 Å². The van der Waals surface area contributed by atoms with E-state index in [4.69, 9.17) is 11.6 Å². The number of benzene rings is 2. The summed E-state index contributed by atoms with van der Waals surface area (Å²) in [6.07, 6.45) is 3.24. The van der Waals surface area contributed by atoms with E-state index in [1.54, 1.807) is 36.5 Å². The van der Waals surface area contributed by atoms with Crippen molar-refractivity contribution in [2.75, 3.05) is 4.90 Å². The third-order valence-electron chi connectivity index (χ3n) is 4.18. The number of carbonyl (C=O) groups excluding carboxylic acids is 1. The first-order valence-electron chi connectivity index (χ1n) is 8.75. The highest BCUT2D eigenvalue weighted by Gasteiger charge is 2.34. The highest BCUT2D eigenvalue weighted by Crippen LogP contribution is 2.38. The summed E-state index contributed by atoms with van der Waals surface area (Å²) >= 11 is 7.34. The molecule has 9 heteroatoms. The number of non-ortho nitro benzene ring substituents is 1. The van der Waals surface area contributed by atoms with E-state index in [2.05, 4.69) is 9.98 Å². The molecule has 30 heavy (non-hydrogen) atoms. The number of amides is 1. The zero-order valence-corrected chi connectivity index (χ0v) is 16.9. The van der Waals surface area contributed by atoms with Crippen molar-refractivity contribution in [1.29, 1.82) is 0 Å². The SMILES string of the molecule is O=C1/C(=C/c2ccc([N+](=O)[O-])cc2)SC(=Nc2cccnc2Cl)N1c1ccccc1. The van der Waals surface area contributed by atoms with Crippen LogP contribution in [0.15, 0.2) is 82.8 Å². The number of nitro groups is 1. The lowest BCUT2D eigenvalue weighted by Gasteiger charge is -2.15. The number of halogens is 1. The maximum absolute atomic E-state index is 13.2. The summed E-state index contributed by atoms with van der Waals surface area (Å²) in [4.78, 5) is 34.1. The van der Waals surface area contributed by atoms with Gasteiger partial charge in [0.25, 0.3) is 11.6 Å². The Morgan fingerprint density at radius 3 is 2.47 bits per heavy atom. The van der Waals surface area contributed by atoms with Crippen molar-refractivity contribution >= 4 is 57.6 Å². The van der Waals surface area contributed by atoms with Gasteiger partial charge >= 0.3 is 0 Å².